The second-order valence-corrected chi connectivity index (χ2v) is 4.70. The summed E-state index contributed by atoms with van der Waals surface area (Å²) < 4.78 is 43.4. The number of ether oxygens (including phenoxy) is 1. The van der Waals surface area contributed by atoms with Crippen LogP contribution in [0.15, 0.2) is 48.5 Å². The van der Waals surface area contributed by atoms with Gasteiger partial charge >= 0.3 is 6.18 Å². The van der Waals surface area contributed by atoms with Crippen molar-refractivity contribution < 1.29 is 23.0 Å². The van der Waals surface area contributed by atoms with E-state index in [2.05, 4.69) is 0 Å². The Morgan fingerprint density at radius 2 is 1.81 bits per heavy atom. The molecule has 2 nitrogen and oxygen atoms in total. The molecule has 0 saturated heterocycles. The monoisotopic (exact) mass is 296 g/mol. The molecule has 0 aliphatic heterocycles. The summed E-state index contributed by atoms with van der Waals surface area (Å²) in [6.45, 7) is 1.61. The van der Waals surface area contributed by atoms with Crippen LogP contribution in [0.1, 0.15) is 29.7 Å². The van der Waals surface area contributed by atoms with Crippen LogP contribution in [-0.2, 0) is 12.8 Å². The molecule has 2 rings (SSSR count). The molecule has 0 fully saturated rings. The molecule has 1 N–H and O–H groups in total. The van der Waals surface area contributed by atoms with Gasteiger partial charge < -0.3 is 9.84 Å². The summed E-state index contributed by atoms with van der Waals surface area (Å²) in [4.78, 5) is 0. The molecule has 0 aliphatic carbocycles. The largest absolute Gasteiger partial charge is 0.489 e. The van der Waals surface area contributed by atoms with Crippen molar-refractivity contribution in [3.63, 3.8) is 0 Å². The maximum atomic E-state index is 12.6. The van der Waals surface area contributed by atoms with Gasteiger partial charge in [-0.15, -0.1) is 0 Å². The molecule has 0 bridgehead atoms. The smallest absolute Gasteiger partial charge is 0.416 e. The Labute approximate surface area is 120 Å². The molecular formula is C16H15F3O2. The number of alkyl halides is 3. The van der Waals surface area contributed by atoms with Gasteiger partial charge in [-0.1, -0.05) is 30.3 Å². The van der Waals surface area contributed by atoms with Crippen molar-refractivity contribution >= 4 is 0 Å². The minimum Gasteiger partial charge on any atom is -0.489 e. The fourth-order valence-electron chi connectivity index (χ4n) is 1.96. The van der Waals surface area contributed by atoms with E-state index in [1.54, 1.807) is 37.3 Å². The van der Waals surface area contributed by atoms with Crippen molar-refractivity contribution in [2.24, 2.45) is 0 Å². The summed E-state index contributed by atoms with van der Waals surface area (Å²) in [5.74, 6) is 0.463. The molecule has 2 aromatic carbocycles. The van der Waals surface area contributed by atoms with Gasteiger partial charge in [0.1, 0.15) is 12.4 Å². The number of para-hydroxylation sites is 1. The first kappa shape index (κ1) is 15.4. The lowest BCUT2D eigenvalue weighted by molar-refractivity contribution is -0.137. The zero-order valence-corrected chi connectivity index (χ0v) is 11.4. The van der Waals surface area contributed by atoms with Crippen molar-refractivity contribution in [3.05, 3.63) is 65.2 Å². The zero-order chi connectivity index (χ0) is 15.5. The number of halogens is 3. The molecule has 1 atom stereocenters. The van der Waals surface area contributed by atoms with E-state index in [-0.39, 0.29) is 6.61 Å². The fourth-order valence-corrected chi connectivity index (χ4v) is 1.96. The van der Waals surface area contributed by atoms with E-state index in [0.29, 0.717) is 16.9 Å². The third-order valence-corrected chi connectivity index (χ3v) is 3.02. The van der Waals surface area contributed by atoms with E-state index in [4.69, 9.17) is 4.74 Å². The first-order valence-electron chi connectivity index (χ1n) is 6.44. The summed E-state index contributed by atoms with van der Waals surface area (Å²) in [5.41, 5.74) is 0.321. The quantitative estimate of drug-likeness (QED) is 0.909. The van der Waals surface area contributed by atoms with Gasteiger partial charge in [-0.3, -0.25) is 0 Å². The van der Waals surface area contributed by atoms with Crippen LogP contribution in [0.25, 0.3) is 0 Å². The number of aliphatic hydroxyl groups is 1. The maximum absolute atomic E-state index is 12.6. The van der Waals surface area contributed by atoms with Gasteiger partial charge in [-0.2, -0.15) is 13.2 Å². The number of aliphatic hydroxyl groups excluding tert-OH is 1. The SMILES string of the molecule is CC(O)c1ccccc1OCc1cccc(C(F)(F)F)c1. The van der Waals surface area contributed by atoms with E-state index in [0.717, 1.165) is 12.1 Å². The van der Waals surface area contributed by atoms with Crippen LogP contribution in [0.3, 0.4) is 0 Å². The summed E-state index contributed by atoms with van der Waals surface area (Å²) in [5, 5.41) is 9.62. The number of hydrogen-bond donors (Lipinski definition) is 1. The van der Waals surface area contributed by atoms with E-state index in [1.165, 1.54) is 6.07 Å². The molecule has 0 heterocycles. The topological polar surface area (TPSA) is 29.5 Å². The minimum absolute atomic E-state index is 0.00759. The van der Waals surface area contributed by atoms with Crippen molar-refractivity contribution in [3.8, 4) is 5.75 Å². The maximum Gasteiger partial charge on any atom is 0.416 e. The molecule has 0 aromatic heterocycles. The highest BCUT2D eigenvalue weighted by atomic mass is 19.4. The summed E-state index contributed by atoms with van der Waals surface area (Å²) in [6, 6.07) is 11.9. The molecule has 5 heteroatoms. The highest BCUT2D eigenvalue weighted by Gasteiger charge is 2.30. The van der Waals surface area contributed by atoms with Gasteiger partial charge in [-0.05, 0) is 30.7 Å². The Balaban J connectivity index is 2.14. The van der Waals surface area contributed by atoms with Gasteiger partial charge in [0, 0.05) is 5.56 Å². The summed E-state index contributed by atoms with van der Waals surface area (Å²) in [6.07, 6.45) is -5.07. The lowest BCUT2D eigenvalue weighted by Crippen LogP contribution is -2.06. The van der Waals surface area contributed by atoms with E-state index < -0.39 is 17.8 Å². The zero-order valence-electron chi connectivity index (χ0n) is 11.4. The van der Waals surface area contributed by atoms with E-state index >= 15 is 0 Å². The Morgan fingerprint density at radius 3 is 2.48 bits per heavy atom. The van der Waals surface area contributed by atoms with Gasteiger partial charge in [0.05, 0.1) is 11.7 Å². The predicted molar refractivity (Wildman–Crippen MR) is 72.9 cm³/mol. The molecule has 2 aromatic rings. The first-order chi connectivity index (χ1) is 9.88. The predicted octanol–water partition coefficient (Wildman–Crippen LogP) is 4.34. The fraction of sp³-hybridized carbons (Fsp3) is 0.250. The molecule has 21 heavy (non-hydrogen) atoms. The Morgan fingerprint density at radius 1 is 1.10 bits per heavy atom. The molecular weight excluding hydrogens is 281 g/mol. The van der Waals surface area contributed by atoms with Crippen LogP contribution in [0.2, 0.25) is 0 Å². The van der Waals surface area contributed by atoms with Crippen LogP contribution in [0.5, 0.6) is 5.75 Å². The van der Waals surface area contributed by atoms with Gasteiger partial charge in [0.25, 0.3) is 0 Å². The van der Waals surface area contributed by atoms with E-state index in [1.807, 2.05) is 0 Å². The van der Waals surface area contributed by atoms with Crippen molar-refractivity contribution in [2.45, 2.75) is 25.8 Å². The molecule has 0 aliphatic rings. The van der Waals surface area contributed by atoms with Crippen molar-refractivity contribution in [1.29, 1.82) is 0 Å². The molecule has 1 unspecified atom stereocenters. The summed E-state index contributed by atoms with van der Waals surface area (Å²) in [7, 11) is 0. The molecule has 0 saturated carbocycles. The Kier molecular flexibility index (Phi) is 4.53. The molecule has 112 valence electrons. The lowest BCUT2D eigenvalue weighted by Gasteiger charge is -2.14. The molecule has 0 amide bonds. The molecule has 0 spiro atoms. The third-order valence-electron chi connectivity index (χ3n) is 3.02. The highest BCUT2D eigenvalue weighted by molar-refractivity contribution is 5.35. The standard InChI is InChI=1S/C16H15F3O2/c1-11(20)14-7-2-3-8-15(14)21-10-12-5-4-6-13(9-12)16(17,18)19/h2-9,11,20H,10H2,1H3. The average molecular weight is 296 g/mol. The van der Waals surface area contributed by atoms with Crippen molar-refractivity contribution in [2.75, 3.05) is 0 Å². The highest BCUT2D eigenvalue weighted by Crippen LogP contribution is 2.30. The second kappa shape index (κ2) is 6.18. The number of benzene rings is 2. The summed E-state index contributed by atoms with van der Waals surface area (Å²) >= 11 is 0. The van der Waals surface area contributed by atoms with Gasteiger partial charge in [-0.25, -0.2) is 0 Å². The first-order valence-corrected chi connectivity index (χ1v) is 6.44. The van der Waals surface area contributed by atoms with Crippen LogP contribution in [-0.4, -0.2) is 5.11 Å². The Hall–Kier alpha value is -2.01. The van der Waals surface area contributed by atoms with Crippen LogP contribution in [0, 0.1) is 0 Å². The van der Waals surface area contributed by atoms with Crippen LogP contribution < -0.4 is 4.74 Å². The van der Waals surface area contributed by atoms with Crippen molar-refractivity contribution in [1.82, 2.24) is 0 Å². The lowest BCUT2D eigenvalue weighted by atomic mass is 10.1. The van der Waals surface area contributed by atoms with Gasteiger partial charge in [0.15, 0.2) is 0 Å². The van der Waals surface area contributed by atoms with Crippen LogP contribution in [0.4, 0.5) is 13.2 Å². The Bertz CT molecular complexity index is 606. The van der Waals surface area contributed by atoms with Crippen LogP contribution >= 0.6 is 0 Å². The minimum atomic E-state index is -4.37. The normalized spacial score (nSPS) is 13.0. The number of rotatable bonds is 4. The number of hydrogen-bond acceptors (Lipinski definition) is 2. The van der Waals surface area contributed by atoms with E-state index in [9.17, 15) is 18.3 Å². The van der Waals surface area contributed by atoms with Gasteiger partial charge in [0.2, 0.25) is 0 Å². The molecule has 0 radical (unpaired) electrons. The second-order valence-electron chi connectivity index (χ2n) is 4.70. The third kappa shape index (κ3) is 3.98. The average Bonchev–Trinajstić information content (AvgIpc) is 2.45.